The number of halogens is 1. The number of hydrogen-bond donors (Lipinski definition) is 2. The zero-order chi connectivity index (χ0) is 19.3. The highest BCUT2D eigenvalue weighted by molar-refractivity contribution is 5.84. The van der Waals surface area contributed by atoms with E-state index < -0.39 is 0 Å². The van der Waals surface area contributed by atoms with E-state index in [1.807, 2.05) is 25.2 Å². The molecule has 1 aliphatic heterocycles. The molecule has 0 unspecified atom stereocenters. The van der Waals surface area contributed by atoms with Crippen LogP contribution in [0.2, 0.25) is 0 Å². The number of aliphatic hydroxyl groups excluding tert-OH is 1. The van der Waals surface area contributed by atoms with Gasteiger partial charge < -0.3 is 24.3 Å². The molecular formula is C20H20FN5O2. The molecule has 0 spiro atoms. The van der Waals surface area contributed by atoms with E-state index in [1.54, 1.807) is 6.07 Å². The van der Waals surface area contributed by atoms with Gasteiger partial charge in [-0.2, -0.15) is 4.98 Å². The molecular weight excluding hydrogens is 361 g/mol. The van der Waals surface area contributed by atoms with Crippen LogP contribution in [0.15, 0.2) is 34.9 Å². The van der Waals surface area contributed by atoms with Crippen molar-refractivity contribution in [2.75, 3.05) is 29.9 Å². The van der Waals surface area contributed by atoms with Gasteiger partial charge in [-0.1, -0.05) is 0 Å². The lowest BCUT2D eigenvalue weighted by molar-refractivity contribution is 0.310. The first-order valence-electron chi connectivity index (χ1n) is 9.26. The van der Waals surface area contributed by atoms with Gasteiger partial charge in [0.15, 0.2) is 5.58 Å². The molecule has 1 aliphatic rings. The SMILES string of the molecule is Cn1c2c(c3cc(F)cnc31)CN(c1ccc3oc(NCCO)nc3c1)CC2. The van der Waals surface area contributed by atoms with Gasteiger partial charge in [0, 0.05) is 55.4 Å². The van der Waals surface area contributed by atoms with Crippen molar-refractivity contribution in [3.05, 3.63) is 47.5 Å². The Morgan fingerprint density at radius 2 is 2.21 bits per heavy atom. The smallest absolute Gasteiger partial charge is 0.295 e. The fourth-order valence-electron chi connectivity index (χ4n) is 3.98. The van der Waals surface area contributed by atoms with Crippen molar-refractivity contribution in [3.8, 4) is 0 Å². The van der Waals surface area contributed by atoms with E-state index in [4.69, 9.17) is 9.52 Å². The average molecular weight is 381 g/mol. The second kappa shape index (κ2) is 6.49. The van der Waals surface area contributed by atoms with Crippen molar-refractivity contribution in [2.45, 2.75) is 13.0 Å². The fraction of sp³-hybridized carbons (Fsp3) is 0.300. The lowest BCUT2D eigenvalue weighted by Gasteiger charge is -2.29. The Hall–Kier alpha value is -3.13. The van der Waals surface area contributed by atoms with Gasteiger partial charge in [0.05, 0.1) is 12.8 Å². The van der Waals surface area contributed by atoms with Crippen molar-refractivity contribution in [1.82, 2.24) is 14.5 Å². The number of pyridine rings is 1. The number of aliphatic hydroxyl groups is 1. The first-order valence-corrected chi connectivity index (χ1v) is 9.26. The third kappa shape index (κ3) is 2.68. The van der Waals surface area contributed by atoms with E-state index in [0.717, 1.165) is 40.8 Å². The minimum atomic E-state index is -0.315. The van der Waals surface area contributed by atoms with Crippen LogP contribution in [0.3, 0.4) is 0 Å². The summed E-state index contributed by atoms with van der Waals surface area (Å²) in [4.78, 5) is 11.0. The zero-order valence-electron chi connectivity index (χ0n) is 15.4. The molecule has 0 radical (unpaired) electrons. The van der Waals surface area contributed by atoms with E-state index in [1.165, 1.54) is 11.9 Å². The number of rotatable bonds is 4. The second-order valence-corrected chi connectivity index (χ2v) is 7.00. The summed E-state index contributed by atoms with van der Waals surface area (Å²) < 4.78 is 21.5. The molecule has 1 aromatic carbocycles. The number of hydrogen-bond acceptors (Lipinski definition) is 6. The molecule has 0 saturated heterocycles. The molecule has 0 atom stereocenters. The number of nitrogens with zero attached hydrogens (tertiary/aromatic N) is 4. The van der Waals surface area contributed by atoms with Gasteiger partial charge in [-0.3, -0.25) is 0 Å². The molecule has 144 valence electrons. The lowest BCUT2D eigenvalue weighted by atomic mass is 10.0. The van der Waals surface area contributed by atoms with Crippen LogP contribution >= 0.6 is 0 Å². The molecule has 0 fully saturated rings. The molecule has 2 N–H and O–H groups in total. The van der Waals surface area contributed by atoms with Crippen LogP contribution in [0.4, 0.5) is 16.1 Å². The maximum atomic E-state index is 13.8. The van der Waals surface area contributed by atoms with Crippen LogP contribution in [0.25, 0.3) is 22.1 Å². The summed E-state index contributed by atoms with van der Waals surface area (Å²) in [6.07, 6.45) is 2.14. The molecule has 4 aromatic rings. The largest absolute Gasteiger partial charge is 0.424 e. The highest BCUT2D eigenvalue weighted by Gasteiger charge is 2.24. The quantitative estimate of drug-likeness (QED) is 0.566. The highest BCUT2D eigenvalue weighted by atomic mass is 19.1. The number of fused-ring (bicyclic) bond motifs is 4. The van der Waals surface area contributed by atoms with Crippen LogP contribution in [-0.4, -0.2) is 39.3 Å². The number of nitrogens with one attached hydrogen (secondary N) is 1. The summed E-state index contributed by atoms with van der Waals surface area (Å²) >= 11 is 0. The van der Waals surface area contributed by atoms with Crippen molar-refractivity contribution in [2.24, 2.45) is 7.05 Å². The normalized spacial score (nSPS) is 14.0. The third-order valence-electron chi connectivity index (χ3n) is 5.32. The van der Waals surface area contributed by atoms with Gasteiger partial charge in [0.25, 0.3) is 6.01 Å². The van der Waals surface area contributed by atoms with Gasteiger partial charge in [-0.15, -0.1) is 0 Å². The Balaban J connectivity index is 1.49. The Bertz CT molecular complexity index is 1180. The minimum Gasteiger partial charge on any atom is -0.424 e. The molecule has 0 amide bonds. The molecule has 5 rings (SSSR count). The summed E-state index contributed by atoms with van der Waals surface area (Å²) in [6.45, 7) is 1.95. The van der Waals surface area contributed by atoms with Gasteiger partial charge in [0.2, 0.25) is 0 Å². The number of aromatic nitrogens is 3. The van der Waals surface area contributed by atoms with E-state index >= 15 is 0 Å². The van der Waals surface area contributed by atoms with Crippen LogP contribution in [0.5, 0.6) is 0 Å². The number of anilines is 2. The topological polar surface area (TPSA) is 79.4 Å². The molecule has 0 aliphatic carbocycles. The maximum absolute atomic E-state index is 13.8. The third-order valence-corrected chi connectivity index (χ3v) is 5.32. The molecule has 8 heteroatoms. The van der Waals surface area contributed by atoms with Crippen molar-refractivity contribution >= 4 is 33.8 Å². The van der Waals surface area contributed by atoms with Crippen LogP contribution in [-0.2, 0) is 20.0 Å². The summed E-state index contributed by atoms with van der Waals surface area (Å²) in [6, 6.07) is 7.89. The molecule has 7 nitrogen and oxygen atoms in total. The Morgan fingerprint density at radius 3 is 3.07 bits per heavy atom. The van der Waals surface area contributed by atoms with Crippen molar-refractivity contribution in [3.63, 3.8) is 0 Å². The minimum absolute atomic E-state index is 0.0145. The van der Waals surface area contributed by atoms with E-state index in [-0.39, 0.29) is 12.4 Å². The number of oxazole rings is 1. The maximum Gasteiger partial charge on any atom is 0.295 e. The summed E-state index contributed by atoms with van der Waals surface area (Å²) in [5.41, 5.74) is 5.65. The highest BCUT2D eigenvalue weighted by Crippen LogP contribution is 2.33. The van der Waals surface area contributed by atoms with E-state index in [9.17, 15) is 4.39 Å². The Morgan fingerprint density at radius 1 is 1.32 bits per heavy atom. The Kier molecular flexibility index (Phi) is 3.94. The van der Waals surface area contributed by atoms with E-state index in [2.05, 4.69) is 24.8 Å². The fourth-order valence-corrected chi connectivity index (χ4v) is 3.98. The molecule has 28 heavy (non-hydrogen) atoms. The van der Waals surface area contributed by atoms with Gasteiger partial charge in [-0.05, 0) is 24.3 Å². The van der Waals surface area contributed by atoms with Crippen LogP contribution in [0, 0.1) is 5.82 Å². The first-order chi connectivity index (χ1) is 13.6. The summed E-state index contributed by atoms with van der Waals surface area (Å²) in [7, 11) is 1.99. The standard InChI is InChI=1S/C20H20FN5O2/c1-25-17-4-6-26(11-15(17)14-8-12(21)10-23-19(14)25)13-2-3-18-16(9-13)24-20(28-18)22-5-7-27/h2-3,8-10,27H,4-7,11H2,1H3,(H,22,24). The molecule has 0 bridgehead atoms. The van der Waals surface area contributed by atoms with Crippen molar-refractivity contribution in [1.29, 1.82) is 0 Å². The zero-order valence-corrected chi connectivity index (χ0v) is 15.4. The van der Waals surface area contributed by atoms with Crippen LogP contribution < -0.4 is 10.2 Å². The Labute approximate surface area is 160 Å². The lowest BCUT2D eigenvalue weighted by Crippen LogP contribution is -2.30. The monoisotopic (exact) mass is 381 g/mol. The molecule has 3 aromatic heterocycles. The molecule has 0 saturated carbocycles. The van der Waals surface area contributed by atoms with Gasteiger partial charge >= 0.3 is 0 Å². The number of aryl methyl sites for hydroxylation is 1. The van der Waals surface area contributed by atoms with E-state index in [0.29, 0.717) is 24.7 Å². The van der Waals surface area contributed by atoms with Gasteiger partial charge in [-0.25, -0.2) is 9.37 Å². The number of benzene rings is 1. The average Bonchev–Trinajstić information content (AvgIpc) is 3.24. The summed E-state index contributed by atoms with van der Waals surface area (Å²) in [5, 5.41) is 12.7. The molecule has 4 heterocycles. The predicted molar refractivity (Wildman–Crippen MR) is 105 cm³/mol. The predicted octanol–water partition coefficient (Wildman–Crippen LogP) is 2.82. The van der Waals surface area contributed by atoms with Crippen molar-refractivity contribution < 1.29 is 13.9 Å². The van der Waals surface area contributed by atoms with Gasteiger partial charge in [0.1, 0.15) is 17.0 Å². The van der Waals surface area contributed by atoms with Crippen LogP contribution in [0.1, 0.15) is 11.3 Å². The summed E-state index contributed by atoms with van der Waals surface area (Å²) in [5.74, 6) is -0.315. The first kappa shape index (κ1) is 17.0. The second-order valence-electron chi connectivity index (χ2n) is 7.00.